The zero-order chi connectivity index (χ0) is 17.5. The van der Waals surface area contributed by atoms with Crippen molar-refractivity contribution < 1.29 is 14.4 Å². The second kappa shape index (κ2) is 7.89. The van der Waals surface area contributed by atoms with Crippen molar-refractivity contribution in [1.29, 1.82) is 0 Å². The first kappa shape index (κ1) is 16.4. The van der Waals surface area contributed by atoms with Gasteiger partial charge in [0.15, 0.2) is 0 Å². The first-order chi connectivity index (χ1) is 12.3. The fourth-order valence-corrected chi connectivity index (χ4v) is 2.27. The molecule has 0 unspecified atom stereocenters. The standard InChI is InChI=1S/C18H16N4O3/c23-17(22-24)10-9-14-3-1-2-4-16(14)19-11-13-5-7-15(8-6-13)18-21-20-12-25-18/h1-10,12,19,24H,11H2,(H,22,23)/b10-9+. The summed E-state index contributed by atoms with van der Waals surface area (Å²) in [7, 11) is 0. The predicted octanol–water partition coefficient (Wildman–Crippen LogP) is 2.87. The number of carbonyl (C=O) groups excluding carboxylic acids is 1. The van der Waals surface area contributed by atoms with Gasteiger partial charge in [0, 0.05) is 23.9 Å². The summed E-state index contributed by atoms with van der Waals surface area (Å²) in [5, 5.41) is 19.4. The Labute approximate surface area is 144 Å². The summed E-state index contributed by atoms with van der Waals surface area (Å²) in [5.74, 6) is -0.0939. The predicted molar refractivity (Wildman–Crippen MR) is 92.5 cm³/mol. The maximum absolute atomic E-state index is 11.1. The number of para-hydroxylation sites is 1. The van der Waals surface area contributed by atoms with Crippen LogP contribution < -0.4 is 10.8 Å². The van der Waals surface area contributed by atoms with Crippen molar-refractivity contribution in [3.63, 3.8) is 0 Å². The molecule has 7 nitrogen and oxygen atoms in total. The second-order valence-electron chi connectivity index (χ2n) is 5.19. The molecule has 0 saturated heterocycles. The average Bonchev–Trinajstić information content (AvgIpc) is 3.20. The highest BCUT2D eigenvalue weighted by atomic mass is 16.5. The van der Waals surface area contributed by atoms with Gasteiger partial charge in [0.2, 0.25) is 12.3 Å². The molecule has 0 spiro atoms. The molecule has 0 aliphatic rings. The number of anilines is 1. The van der Waals surface area contributed by atoms with E-state index in [1.807, 2.05) is 48.5 Å². The Kier molecular flexibility index (Phi) is 5.18. The molecule has 1 aromatic heterocycles. The van der Waals surface area contributed by atoms with Gasteiger partial charge in [-0.3, -0.25) is 10.0 Å². The first-order valence-corrected chi connectivity index (χ1v) is 7.57. The first-order valence-electron chi connectivity index (χ1n) is 7.57. The Hall–Kier alpha value is -3.45. The van der Waals surface area contributed by atoms with Crippen LogP contribution in [0.3, 0.4) is 0 Å². The van der Waals surface area contributed by atoms with Crippen molar-refractivity contribution in [1.82, 2.24) is 15.7 Å². The fourth-order valence-electron chi connectivity index (χ4n) is 2.27. The summed E-state index contributed by atoms with van der Waals surface area (Å²) in [6.07, 6.45) is 4.19. The van der Waals surface area contributed by atoms with Crippen LogP contribution in [0.5, 0.6) is 0 Å². The van der Waals surface area contributed by atoms with Gasteiger partial charge in [-0.15, -0.1) is 10.2 Å². The van der Waals surface area contributed by atoms with Crippen molar-refractivity contribution in [3.8, 4) is 11.5 Å². The molecule has 3 rings (SSSR count). The van der Waals surface area contributed by atoms with E-state index >= 15 is 0 Å². The summed E-state index contributed by atoms with van der Waals surface area (Å²) in [5.41, 5.74) is 5.23. The number of aromatic nitrogens is 2. The van der Waals surface area contributed by atoms with Crippen LogP contribution in [0, 0.1) is 0 Å². The molecule has 3 N–H and O–H groups in total. The molecule has 0 atom stereocenters. The normalized spacial score (nSPS) is 10.8. The number of carbonyl (C=O) groups is 1. The SMILES string of the molecule is O=C(/C=C/c1ccccc1NCc1ccc(-c2nnco2)cc1)NO. The Balaban J connectivity index is 1.67. The number of amides is 1. The number of hydrogen-bond donors (Lipinski definition) is 3. The van der Waals surface area contributed by atoms with Gasteiger partial charge in [0.05, 0.1) is 0 Å². The Morgan fingerprint density at radius 3 is 2.68 bits per heavy atom. The molecule has 2 aromatic carbocycles. The zero-order valence-electron chi connectivity index (χ0n) is 13.2. The summed E-state index contributed by atoms with van der Waals surface area (Å²) >= 11 is 0. The minimum Gasteiger partial charge on any atom is -0.423 e. The summed E-state index contributed by atoms with van der Waals surface area (Å²) < 4.78 is 5.16. The number of hydroxylamine groups is 1. The van der Waals surface area contributed by atoms with Crippen LogP contribution in [-0.2, 0) is 11.3 Å². The van der Waals surface area contributed by atoms with Gasteiger partial charge < -0.3 is 9.73 Å². The fraction of sp³-hybridized carbons (Fsp3) is 0.0556. The van der Waals surface area contributed by atoms with Crippen LogP contribution in [0.25, 0.3) is 17.5 Å². The molecule has 0 fully saturated rings. The van der Waals surface area contributed by atoms with E-state index in [0.717, 1.165) is 22.4 Å². The molecule has 0 radical (unpaired) electrons. The van der Waals surface area contributed by atoms with Gasteiger partial charge in [-0.05, 0) is 35.4 Å². The maximum Gasteiger partial charge on any atom is 0.267 e. The molecule has 0 bridgehead atoms. The summed E-state index contributed by atoms with van der Waals surface area (Å²) in [6, 6.07) is 15.4. The third-order valence-electron chi connectivity index (χ3n) is 3.53. The molecule has 1 heterocycles. The second-order valence-corrected chi connectivity index (χ2v) is 5.19. The lowest BCUT2D eigenvalue weighted by molar-refractivity contribution is -0.124. The minimum absolute atomic E-state index is 0.483. The molecule has 0 aliphatic carbocycles. The lowest BCUT2D eigenvalue weighted by Gasteiger charge is -2.10. The van der Waals surface area contributed by atoms with Crippen LogP contribution in [0.2, 0.25) is 0 Å². The Bertz CT molecular complexity index is 858. The van der Waals surface area contributed by atoms with Crippen molar-refractivity contribution >= 4 is 17.7 Å². The largest absolute Gasteiger partial charge is 0.423 e. The number of hydrogen-bond acceptors (Lipinski definition) is 6. The number of benzene rings is 2. The molecule has 7 heteroatoms. The van der Waals surface area contributed by atoms with E-state index < -0.39 is 5.91 Å². The topological polar surface area (TPSA) is 100 Å². The Morgan fingerprint density at radius 2 is 1.96 bits per heavy atom. The highest BCUT2D eigenvalue weighted by molar-refractivity contribution is 5.91. The van der Waals surface area contributed by atoms with Crippen molar-refractivity contribution in [2.45, 2.75) is 6.54 Å². The smallest absolute Gasteiger partial charge is 0.267 e. The van der Waals surface area contributed by atoms with Crippen LogP contribution in [0.1, 0.15) is 11.1 Å². The molecule has 3 aromatic rings. The van der Waals surface area contributed by atoms with Crippen molar-refractivity contribution in [2.75, 3.05) is 5.32 Å². The quantitative estimate of drug-likeness (QED) is 0.363. The maximum atomic E-state index is 11.1. The van der Waals surface area contributed by atoms with Crippen molar-refractivity contribution in [3.05, 3.63) is 72.1 Å². The van der Waals surface area contributed by atoms with Gasteiger partial charge in [-0.1, -0.05) is 30.3 Å². The van der Waals surface area contributed by atoms with E-state index in [9.17, 15) is 4.79 Å². The molecule has 126 valence electrons. The van der Waals surface area contributed by atoms with E-state index in [1.165, 1.54) is 12.5 Å². The van der Waals surface area contributed by atoms with Gasteiger partial charge >= 0.3 is 0 Å². The summed E-state index contributed by atoms with van der Waals surface area (Å²) in [4.78, 5) is 11.1. The third-order valence-corrected chi connectivity index (χ3v) is 3.53. The van der Waals surface area contributed by atoms with E-state index in [0.29, 0.717) is 12.4 Å². The van der Waals surface area contributed by atoms with Crippen LogP contribution in [0.15, 0.2) is 65.4 Å². The van der Waals surface area contributed by atoms with Crippen LogP contribution in [0.4, 0.5) is 5.69 Å². The summed E-state index contributed by atoms with van der Waals surface area (Å²) in [6.45, 7) is 0.612. The molecule has 0 saturated carbocycles. The zero-order valence-corrected chi connectivity index (χ0v) is 13.2. The Morgan fingerprint density at radius 1 is 1.16 bits per heavy atom. The van der Waals surface area contributed by atoms with Gasteiger partial charge in [-0.25, -0.2) is 5.48 Å². The van der Waals surface area contributed by atoms with E-state index in [1.54, 1.807) is 11.6 Å². The van der Waals surface area contributed by atoms with Gasteiger partial charge in [0.1, 0.15) is 0 Å². The number of nitrogens with zero attached hydrogens (tertiary/aromatic N) is 2. The molecular formula is C18H16N4O3. The van der Waals surface area contributed by atoms with Crippen molar-refractivity contribution in [2.24, 2.45) is 0 Å². The third kappa shape index (κ3) is 4.30. The lowest BCUT2D eigenvalue weighted by atomic mass is 10.1. The average molecular weight is 336 g/mol. The lowest BCUT2D eigenvalue weighted by Crippen LogP contribution is -2.14. The number of rotatable bonds is 6. The van der Waals surface area contributed by atoms with Gasteiger partial charge in [0.25, 0.3) is 5.91 Å². The van der Waals surface area contributed by atoms with Crippen LogP contribution >= 0.6 is 0 Å². The minimum atomic E-state index is -0.577. The van der Waals surface area contributed by atoms with E-state index in [2.05, 4.69) is 15.5 Å². The van der Waals surface area contributed by atoms with Crippen LogP contribution in [-0.4, -0.2) is 21.3 Å². The monoisotopic (exact) mass is 336 g/mol. The van der Waals surface area contributed by atoms with Gasteiger partial charge in [-0.2, -0.15) is 0 Å². The molecule has 0 aliphatic heterocycles. The molecular weight excluding hydrogens is 320 g/mol. The highest BCUT2D eigenvalue weighted by Crippen LogP contribution is 2.20. The molecule has 25 heavy (non-hydrogen) atoms. The van der Waals surface area contributed by atoms with E-state index in [-0.39, 0.29) is 0 Å². The molecule has 1 amide bonds. The van der Waals surface area contributed by atoms with E-state index in [4.69, 9.17) is 9.62 Å². The highest BCUT2D eigenvalue weighted by Gasteiger charge is 2.04. The number of nitrogens with one attached hydrogen (secondary N) is 2.